The van der Waals surface area contributed by atoms with E-state index in [9.17, 15) is 14.0 Å². The van der Waals surface area contributed by atoms with Crippen LogP contribution in [0.3, 0.4) is 0 Å². The molecule has 0 aliphatic heterocycles. The highest BCUT2D eigenvalue weighted by atomic mass is 35.5. The predicted molar refractivity (Wildman–Crippen MR) is 135 cm³/mol. The number of aromatic nitrogens is 2. The number of fused-ring (bicyclic) bond motifs is 1. The van der Waals surface area contributed by atoms with E-state index in [-0.39, 0.29) is 22.3 Å². The maximum absolute atomic E-state index is 13.7. The Hall–Kier alpha value is -3.99. The third-order valence-electron chi connectivity index (χ3n) is 5.82. The van der Waals surface area contributed by atoms with E-state index in [0.29, 0.717) is 39.4 Å². The number of hydrogen-bond acceptors (Lipinski definition) is 5. The molecule has 0 aliphatic carbocycles. The Morgan fingerprint density at radius 2 is 1.81 bits per heavy atom. The van der Waals surface area contributed by atoms with Gasteiger partial charge in [0, 0.05) is 29.3 Å². The van der Waals surface area contributed by atoms with Crippen LogP contribution >= 0.6 is 23.2 Å². The Balaban J connectivity index is 1.61. The summed E-state index contributed by atoms with van der Waals surface area (Å²) in [6.07, 6.45) is 3.38. The molecule has 5 rings (SSSR count). The van der Waals surface area contributed by atoms with E-state index in [1.807, 2.05) is 6.07 Å². The molecule has 1 N–H and O–H groups in total. The Morgan fingerprint density at radius 1 is 1.00 bits per heavy atom. The fourth-order valence-corrected chi connectivity index (χ4v) is 4.57. The molecule has 2 heterocycles. The van der Waals surface area contributed by atoms with Crippen LogP contribution in [-0.4, -0.2) is 10.1 Å². The summed E-state index contributed by atoms with van der Waals surface area (Å²) >= 11 is 12.6. The molecule has 0 saturated heterocycles. The SMILES string of the molecule is N#Cc1cnc2c(Cl)cc(CC(c3ccc(F)cc3)c3ccon3)cc2c1Nc1ccc(F)c(Cl)c1. The quantitative estimate of drug-likeness (QED) is 0.247. The number of benzene rings is 3. The molecule has 3 aromatic carbocycles. The first-order chi connectivity index (χ1) is 17.4. The molecule has 5 aromatic rings. The van der Waals surface area contributed by atoms with E-state index in [1.165, 1.54) is 42.8 Å². The highest BCUT2D eigenvalue weighted by molar-refractivity contribution is 6.35. The van der Waals surface area contributed by atoms with E-state index in [2.05, 4.69) is 21.5 Å². The van der Waals surface area contributed by atoms with E-state index < -0.39 is 5.82 Å². The maximum Gasteiger partial charge on any atom is 0.141 e. The van der Waals surface area contributed by atoms with E-state index >= 15 is 0 Å². The molecule has 0 saturated carbocycles. The lowest BCUT2D eigenvalue weighted by atomic mass is 9.88. The Morgan fingerprint density at radius 3 is 2.50 bits per heavy atom. The monoisotopic (exact) mass is 520 g/mol. The number of hydrogen-bond donors (Lipinski definition) is 1. The summed E-state index contributed by atoms with van der Waals surface area (Å²) < 4.78 is 32.3. The van der Waals surface area contributed by atoms with Gasteiger partial charge in [-0.1, -0.05) is 40.5 Å². The molecule has 0 radical (unpaired) electrons. The van der Waals surface area contributed by atoms with Crippen LogP contribution < -0.4 is 5.32 Å². The average molecular weight is 521 g/mol. The van der Waals surface area contributed by atoms with Crippen molar-refractivity contribution in [2.75, 3.05) is 5.32 Å². The number of rotatable bonds is 6. The van der Waals surface area contributed by atoms with Gasteiger partial charge in [-0.05, 0) is 60.0 Å². The topological polar surface area (TPSA) is 74.7 Å². The van der Waals surface area contributed by atoms with Crippen LogP contribution in [0, 0.1) is 23.0 Å². The van der Waals surface area contributed by atoms with Crippen LogP contribution in [0.2, 0.25) is 10.0 Å². The van der Waals surface area contributed by atoms with E-state index in [4.69, 9.17) is 27.7 Å². The number of pyridine rings is 1. The molecule has 0 aliphatic rings. The lowest BCUT2D eigenvalue weighted by Crippen LogP contribution is -2.06. The van der Waals surface area contributed by atoms with Crippen LogP contribution in [0.4, 0.5) is 20.2 Å². The van der Waals surface area contributed by atoms with Crippen molar-refractivity contribution in [3.8, 4) is 6.07 Å². The van der Waals surface area contributed by atoms with Gasteiger partial charge in [0.1, 0.15) is 24.0 Å². The molecule has 1 unspecified atom stereocenters. The number of anilines is 2. The molecule has 2 aromatic heterocycles. The first kappa shape index (κ1) is 23.7. The average Bonchev–Trinajstić information content (AvgIpc) is 3.40. The van der Waals surface area contributed by atoms with Crippen molar-refractivity contribution in [2.45, 2.75) is 12.3 Å². The maximum atomic E-state index is 13.7. The molecular formula is C27H16Cl2F2N4O. The van der Waals surface area contributed by atoms with Crippen LogP contribution in [0.25, 0.3) is 10.9 Å². The first-order valence-corrected chi connectivity index (χ1v) is 11.6. The Kier molecular flexibility index (Phi) is 6.55. The van der Waals surface area contributed by atoms with Crippen LogP contribution in [-0.2, 0) is 6.42 Å². The lowest BCUT2D eigenvalue weighted by Gasteiger charge is -2.17. The van der Waals surface area contributed by atoms with Crippen molar-refractivity contribution in [1.29, 1.82) is 5.26 Å². The fourth-order valence-electron chi connectivity index (χ4n) is 4.10. The summed E-state index contributed by atoms with van der Waals surface area (Å²) in [5.74, 6) is -1.12. The predicted octanol–water partition coefficient (Wildman–Crippen LogP) is 7.80. The lowest BCUT2D eigenvalue weighted by molar-refractivity contribution is 0.408. The number of nitrogens with one attached hydrogen (secondary N) is 1. The summed E-state index contributed by atoms with van der Waals surface area (Å²) in [5.41, 5.74) is 4.11. The highest BCUT2D eigenvalue weighted by Gasteiger charge is 2.20. The molecule has 1 atom stereocenters. The molecule has 0 fully saturated rings. The third kappa shape index (κ3) is 4.74. The van der Waals surface area contributed by atoms with Crippen LogP contribution in [0.5, 0.6) is 0 Å². The van der Waals surface area contributed by atoms with Gasteiger partial charge < -0.3 is 9.84 Å². The fraction of sp³-hybridized carbons (Fsp3) is 0.0741. The zero-order chi connectivity index (χ0) is 25.2. The molecule has 36 heavy (non-hydrogen) atoms. The third-order valence-corrected chi connectivity index (χ3v) is 6.40. The Labute approximate surface area is 214 Å². The second-order valence-corrected chi connectivity index (χ2v) is 8.93. The second kappa shape index (κ2) is 9.94. The van der Waals surface area contributed by atoms with Crippen molar-refractivity contribution >= 4 is 45.5 Å². The minimum atomic E-state index is -0.549. The molecule has 178 valence electrons. The number of nitrogens with zero attached hydrogens (tertiary/aromatic N) is 3. The van der Waals surface area contributed by atoms with E-state index in [1.54, 1.807) is 24.3 Å². The summed E-state index contributed by atoms with van der Waals surface area (Å²) in [4.78, 5) is 4.37. The standard InChI is InChI=1S/C27H16Cl2F2N4O/c28-22-12-19(5-6-24(22)31)34-26-17(13-32)14-33-27-21(26)10-15(11-23(27)29)9-20(25-7-8-36-35-25)16-1-3-18(30)4-2-16/h1-8,10-12,14,20H,9H2,(H,33,34). The zero-order valence-corrected chi connectivity index (χ0v) is 20.0. The van der Waals surface area contributed by atoms with Gasteiger partial charge in [0.15, 0.2) is 0 Å². The van der Waals surface area contributed by atoms with Gasteiger partial charge in [-0.25, -0.2) is 8.78 Å². The van der Waals surface area contributed by atoms with Gasteiger partial charge in [-0.15, -0.1) is 0 Å². The molecule has 5 nitrogen and oxygen atoms in total. The molecule has 0 spiro atoms. The van der Waals surface area contributed by atoms with Gasteiger partial charge in [-0.2, -0.15) is 5.26 Å². The van der Waals surface area contributed by atoms with Crippen molar-refractivity contribution in [3.05, 3.63) is 117 Å². The molecule has 0 amide bonds. The summed E-state index contributed by atoms with van der Waals surface area (Å²) in [6.45, 7) is 0. The van der Waals surface area contributed by atoms with Crippen molar-refractivity contribution in [2.24, 2.45) is 0 Å². The normalized spacial score (nSPS) is 11.9. The number of nitriles is 1. The minimum absolute atomic E-state index is 0.0506. The Bertz CT molecular complexity index is 1600. The van der Waals surface area contributed by atoms with Crippen molar-refractivity contribution in [3.63, 3.8) is 0 Å². The smallest absolute Gasteiger partial charge is 0.141 e. The van der Waals surface area contributed by atoms with Gasteiger partial charge in [0.05, 0.1) is 32.5 Å². The summed E-state index contributed by atoms with van der Waals surface area (Å²) in [7, 11) is 0. The largest absolute Gasteiger partial charge is 0.364 e. The van der Waals surface area contributed by atoms with E-state index in [0.717, 1.165) is 11.1 Å². The van der Waals surface area contributed by atoms with Gasteiger partial charge in [0.2, 0.25) is 0 Å². The van der Waals surface area contributed by atoms with Gasteiger partial charge in [0.25, 0.3) is 0 Å². The molecule has 9 heteroatoms. The van der Waals surface area contributed by atoms with Crippen LogP contribution in [0.15, 0.2) is 77.6 Å². The zero-order valence-electron chi connectivity index (χ0n) is 18.5. The summed E-state index contributed by atoms with van der Waals surface area (Å²) in [5, 5.41) is 18.0. The highest BCUT2D eigenvalue weighted by Crippen LogP contribution is 2.36. The van der Waals surface area contributed by atoms with Gasteiger partial charge in [-0.3, -0.25) is 4.98 Å². The van der Waals surface area contributed by atoms with Crippen LogP contribution in [0.1, 0.15) is 28.3 Å². The van der Waals surface area contributed by atoms with Crippen molar-refractivity contribution < 1.29 is 13.3 Å². The molecular weight excluding hydrogens is 505 g/mol. The molecule has 0 bridgehead atoms. The van der Waals surface area contributed by atoms with Crippen molar-refractivity contribution in [1.82, 2.24) is 10.1 Å². The number of halogens is 4. The minimum Gasteiger partial charge on any atom is -0.364 e. The van der Waals surface area contributed by atoms with Gasteiger partial charge >= 0.3 is 0 Å². The summed E-state index contributed by atoms with van der Waals surface area (Å²) in [6, 6.07) is 18.0. The second-order valence-electron chi connectivity index (χ2n) is 8.12. The first-order valence-electron chi connectivity index (χ1n) is 10.8.